The minimum absolute atomic E-state index is 0.0799. The molecule has 0 aliphatic carbocycles. The molecule has 2 rings (SSSR count). The van der Waals surface area contributed by atoms with E-state index in [0.29, 0.717) is 10.6 Å². The van der Waals surface area contributed by atoms with Gasteiger partial charge < -0.3 is 10.4 Å². The monoisotopic (exact) mass is 395 g/mol. The van der Waals surface area contributed by atoms with Crippen LogP contribution in [0.25, 0.3) is 0 Å². The van der Waals surface area contributed by atoms with Gasteiger partial charge in [0.05, 0.1) is 6.21 Å². The molecule has 0 spiro atoms. The van der Waals surface area contributed by atoms with Gasteiger partial charge in [0, 0.05) is 20.7 Å². The van der Waals surface area contributed by atoms with Crippen molar-refractivity contribution in [2.45, 2.75) is 13.0 Å². The molecule has 1 unspecified atom stereocenters. The van der Waals surface area contributed by atoms with E-state index in [1.807, 2.05) is 6.07 Å². The molecule has 0 aliphatic rings. The Morgan fingerprint density at radius 1 is 1.35 bits per heavy atom. The number of nitrogens with zero attached hydrogens (tertiary/aromatic N) is 1. The molecule has 1 atom stereocenters. The van der Waals surface area contributed by atoms with Crippen molar-refractivity contribution in [2.75, 3.05) is 5.32 Å². The summed E-state index contributed by atoms with van der Waals surface area (Å²) in [6, 6.07) is 11.5. The van der Waals surface area contributed by atoms with Gasteiger partial charge in [0.2, 0.25) is 0 Å². The predicted molar refractivity (Wildman–Crippen MR) is 96.1 cm³/mol. The molecule has 0 saturated carbocycles. The van der Waals surface area contributed by atoms with E-state index in [4.69, 9.17) is 11.6 Å². The lowest BCUT2D eigenvalue weighted by Crippen LogP contribution is -2.34. The molecule has 0 radical (unpaired) electrons. The van der Waals surface area contributed by atoms with Gasteiger partial charge in [0.15, 0.2) is 0 Å². The molecular weight excluding hydrogens is 382 g/mol. The van der Waals surface area contributed by atoms with Crippen molar-refractivity contribution in [1.82, 2.24) is 5.43 Å². The van der Waals surface area contributed by atoms with Crippen molar-refractivity contribution < 1.29 is 9.90 Å². The third-order valence-electron chi connectivity index (χ3n) is 2.97. The van der Waals surface area contributed by atoms with E-state index in [-0.39, 0.29) is 11.7 Å². The van der Waals surface area contributed by atoms with E-state index in [9.17, 15) is 9.90 Å². The van der Waals surface area contributed by atoms with Crippen LogP contribution in [-0.4, -0.2) is 23.3 Å². The first kappa shape index (κ1) is 17.3. The second-order valence-electron chi connectivity index (χ2n) is 4.81. The maximum absolute atomic E-state index is 12.0. The Morgan fingerprint density at radius 2 is 2.13 bits per heavy atom. The number of carbonyl (C=O) groups excluding carboxylic acids is 1. The van der Waals surface area contributed by atoms with Crippen molar-refractivity contribution in [3.63, 3.8) is 0 Å². The van der Waals surface area contributed by atoms with Crippen molar-refractivity contribution in [1.29, 1.82) is 0 Å². The molecular formula is C16H15BrClN3O2. The highest BCUT2D eigenvalue weighted by Gasteiger charge is 2.11. The second kappa shape index (κ2) is 7.99. The lowest BCUT2D eigenvalue weighted by atomic mass is 10.2. The molecule has 0 aromatic heterocycles. The molecule has 2 aromatic rings. The van der Waals surface area contributed by atoms with Crippen LogP contribution in [0.2, 0.25) is 5.02 Å². The molecule has 23 heavy (non-hydrogen) atoms. The minimum atomic E-state index is -0.498. The number of anilines is 1. The summed E-state index contributed by atoms with van der Waals surface area (Å²) in [6.45, 7) is 1.71. The Labute approximate surface area is 147 Å². The predicted octanol–water partition coefficient (Wildman–Crippen LogP) is 3.76. The zero-order valence-electron chi connectivity index (χ0n) is 12.3. The average Bonchev–Trinajstić information content (AvgIpc) is 2.50. The number of benzene rings is 2. The van der Waals surface area contributed by atoms with Gasteiger partial charge in [0.25, 0.3) is 5.91 Å². The largest absolute Gasteiger partial charge is 0.507 e. The van der Waals surface area contributed by atoms with E-state index in [0.717, 1.165) is 10.2 Å². The van der Waals surface area contributed by atoms with Crippen molar-refractivity contribution in [3.8, 4) is 5.75 Å². The number of phenols is 1. The van der Waals surface area contributed by atoms with Crippen molar-refractivity contribution in [2.24, 2.45) is 5.10 Å². The highest BCUT2D eigenvalue weighted by molar-refractivity contribution is 9.10. The Morgan fingerprint density at radius 3 is 2.87 bits per heavy atom. The van der Waals surface area contributed by atoms with Gasteiger partial charge in [-0.05, 0) is 43.3 Å². The summed E-state index contributed by atoms with van der Waals surface area (Å²) in [5.41, 5.74) is 3.66. The lowest BCUT2D eigenvalue weighted by Gasteiger charge is -2.13. The number of carbonyl (C=O) groups is 1. The number of phenolic OH excluding ortho intramolecular Hbond substituents is 1. The molecule has 0 aliphatic heterocycles. The first-order valence-electron chi connectivity index (χ1n) is 6.79. The van der Waals surface area contributed by atoms with Gasteiger partial charge in [-0.3, -0.25) is 4.79 Å². The van der Waals surface area contributed by atoms with Crippen LogP contribution in [-0.2, 0) is 4.79 Å². The van der Waals surface area contributed by atoms with E-state index >= 15 is 0 Å². The molecule has 0 saturated heterocycles. The Bertz CT molecular complexity index is 737. The highest BCUT2D eigenvalue weighted by Crippen LogP contribution is 2.20. The molecule has 120 valence electrons. The topological polar surface area (TPSA) is 73.7 Å². The molecule has 7 heteroatoms. The molecule has 1 amide bonds. The third kappa shape index (κ3) is 5.26. The van der Waals surface area contributed by atoms with Gasteiger partial charge in [-0.2, -0.15) is 5.10 Å². The summed E-state index contributed by atoms with van der Waals surface area (Å²) in [5, 5.41) is 17.1. The molecule has 0 heterocycles. The summed E-state index contributed by atoms with van der Waals surface area (Å²) < 4.78 is 0.805. The molecule has 0 bridgehead atoms. The third-order valence-corrected chi connectivity index (χ3v) is 3.70. The van der Waals surface area contributed by atoms with Gasteiger partial charge in [-0.1, -0.05) is 33.6 Å². The summed E-state index contributed by atoms with van der Waals surface area (Å²) in [6.07, 6.45) is 1.38. The number of halogens is 2. The number of nitrogens with one attached hydrogen (secondary N) is 2. The molecule has 2 aromatic carbocycles. The maximum atomic E-state index is 12.0. The van der Waals surface area contributed by atoms with Gasteiger partial charge >= 0.3 is 0 Å². The SMILES string of the molecule is CC(Nc1cccc(Cl)c1)C(=O)N/N=C/c1cc(Br)ccc1O. The van der Waals surface area contributed by atoms with Gasteiger partial charge in [-0.15, -0.1) is 0 Å². The number of rotatable bonds is 5. The summed E-state index contributed by atoms with van der Waals surface area (Å²) in [7, 11) is 0. The van der Waals surface area contributed by atoms with Crippen LogP contribution >= 0.6 is 27.5 Å². The first-order valence-corrected chi connectivity index (χ1v) is 7.96. The molecule has 5 nitrogen and oxygen atoms in total. The zero-order valence-corrected chi connectivity index (χ0v) is 14.6. The normalized spacial score (nSPS) is 12.1. The minimum Gasteiger partial charge on any atom is -0.507 e. The van der Waals surface area contributed by atoms with Gasteiger partial charge in [-0.25, -0.2) is 5.43 Å². The Kier molecular flexibility index (Phi) is 6.01. The van der Waals surface area contributed by atoms with Crippen molar-refractivity contribution >= 4 is 45.3 Å². The quantitative estimate of drug-likeness (QED) is 0.532. The average molecular weight is 397 g/mol. The first-order chi connectivity index (χ1) is 11.0. The van der Waals surface area contributed by atoms with Crippen molar-refractivity contribution in [3.05, 3.63) is 57.5 Å². The van der Waals surface area contributed by atoms with Crippen LogP contribution in [0.3, 0.4) is 0 Å². The number of aromatic hydroxyl groups is 1. The number of amides is 1. The van der Waals surface area contributed by atoms with Crippen LogP contribution < -0.4 is 10.7 Å². The summed E-state index contributed by atoms with van der Waals surface area (Å²) in [4.78, 5) is 12.0. The number of hydrogen-bond acceptors (Lipinski definition) is 4. The van der Waals surface area contributed by atoms with Crippen LogP contribution in [0.15, 0.2) is 52.0 Å². The molecule has 3 N–H and O–H groups in total. The van der Waals surface area contributed by atoms with Gasteiger partial charge in [0.1, 0.15) is 11.8 Å². The fraction of sp³-hybridized carbons (Fsp3) is 0.125. The van der Waals surface area contributed by atoms with E-state index in [1.165, 1.54) is 12.3 Å². The summed E-state index contributed by atoms with van der Waals surface area (Å²) >= 11 is 9.20. The number of hydrogen-bond donors (Lipinski definition) is 3. The van der Waals surface area contributed by atoms with Crippen LogP contribution in [0.4, 0.5) is 5.69 Å². The zero-order chi connectivity index (χ0) is 16.8. The maximum Gasteiger partial charge on any atom is 0.262 e. The Balaban J connectivity index is 1.93. The van der Waals surface area contributed by atoms with E-state index in [1.54, 1.807) is 37.3 Å². The smallest absolute Gasteiger partial charge is 0.262 e. The van der Waals surface area contributed by atoms with E-state index < -0.39 is 6.04 Å². The van der Waals surface area contributed by atoms with Crippen LogP contribution in [0, 0.1) is 0 Å². The van der Waals surface area contributed by atoms with Crippen LogP contribution in [0.5, 0.6) is 5.75 Å². The lowest BCUT2D eigenvalue weighted by molar-refractivity contribution is -0.121. The fourth-order valence-electron chi connectivity index (χ4n) is 1.78. The Hall–Kier alpha value is -2.05. The van der Waals surface area contributed by atoms with Crippen LogP contribution in [0.1, 0.15) is 12.5 Å². The fourth-order valence-corrected chi connectivity index (χ4v) is 2.35. The molecule has 0 fully saturated rings. The highest BCUT2D eigenvalue weighted by atomic mass is 79.9. The summed E-state index contributed by atoms with van der Waals surface area (Å²) in [5.74, 6) is -0.230. The second-order valence-corrected chi connectivity index (χ2v) is 6.17. The van der Waals surface area contributed by atoms with E-state index in [2.05, 4.69) is 31.8 Å². The standard InChI is InChI=1S/C16H15BrClN3O2/c1-10(20-14-4-2-3-13(18)8-14)16(23)21-19-9-11-7-12(17)5-6-15(11)22/h2-10,20,22H,1H3,(H,21,23)/b19-9+. The number of hydrazone groups is 1.